The lowest BCUT2D eigenvalue weighted by atomic mass is 9.95. The maximum Gasteiger partial charge on any atom is 0.242 e. The van der Waals surface area contributed by atoms with Gasteiger partial charge in [0.2, 0.25) is 5.91 Å². The largest absolute Gasteiger partial charge is 0.337 e. The molecule has 1 fully saturated rings. The molecule has 1 aromatic rings. The van der Waals surface area contributed by atoms with Crippen LogP contribution in [0.3, 0.4) is 0 Å². The van der Waals surface area contributed by atoms with Crippen LogP contribution in [0.1, 0.15) is 50.6 Å². The zero-order valence-electron chi connectivity index (χ0n) is 12.6. The van der Waals surface area contributed by atoms with Gasteiger partial charge in [0.1, 0.15) is 0 Å². The Morgan fingerprint density at radius 3 is 2.52 bits per heavy atom. The van der Waals surface area contributed by atoms with Gasteiger partial charge in [0, 0.05) is 19.4 Å². The Hall–Kier alpha value is -0.840. The molecule has 4 nitrogen and oxygen atoms in total. The summed E-state index contributed by atoms with van der Waals surface area (Å²) in [6.07, 6.45) is 8.16. The number of likely N-dealkylation sites (N-methyl/N-ethyl adjacent to an activating group) is 1. The summed E-state index contributed by atoms with van der Waals surface area (Å²) in [6.45, 7) is 2.08. The van der Waals surface area contributed by atoms with E-state index >= 15 is 0 Å². The molecule has 1 heterocycles. The third-order valence-corrected chi connectivity index (χ3v) is 4.17. The van der Waals surface area contributed by atoms with Crippen molar-refractivity contribution in [1.82, 2.24) is 9.88 Å². The van der Waals surface area contributed by atoms with Crippen molar-refractivity contribution in [2.24, 2.45) is 5.73 Å². The summed E-state index contributed by atoms with van der Waals surface area (Å²) in [6, 6.07) is 3.98. The molecule has 0 radical (unpaired) electrons. The van der Waals surface area contributed by atoms with Crippen LogP contribution in [-0.4, -0.2) is 28.4 Å². The molecule has 1 aliphatic carbocycles. The van der Waals surface area contributed by atoms with Crippen LogP contribution >= 0.6 is 24.8 Å². The number of halogens is 2. The van der Waals surface area contributed by atoms with Crippen molar-refractivity contribution in [2.45, 2.75) is 50.6 Å². The van der Waals surface area contributed by atoms with Crippen LogP contribution in [0.15, 0.2) is 24.5 Å². The normalized spacial score (nSPS) is 17.3. The highest BCUT2D eigenvalue weighted by Gasteiger charge is 2.40. The van der Waals surface area contributed by atoms with Gasteiger partial charge in [0.05, 0.1) is 11.6 Å². The number of nitrogens with zero attached hydrogens (tertiary/aromatic N) is 2. The third kappa shape index (κ3) is 4.31. The lowest BCUT2D eigenvalue weighted by Crippen LogP contribution is -2.53. The number of carbonyl (C=O) groups is 1. The van der Waals surface area contributed by atoms with Crippen LogP contribution in [-0.2, 0) is 4.79 Å². The van der Waals surface area contributed by atoms with E-state index in [0.29, 0.717) is 0 Å². The molecule has 21 heavy (non-hydrogen) atoms. The van der Waals surface area contributed by atoms with Gasteiger partial charge in [-0.25, -0.2) is 0 Å². The fraction of sp³-hybridized carbons (Fsp3) is 0.600. The maximum absolute atomic E-state index is 12.6. The van der Waals surface area contributed by atoms with Crippen LogP contribution in [0.25, 0.3) is 0 Å². The number of pyridine rings is 1. The number of hydrogen-bond donors (Lipinski definition) is 1. The smallest absolute Gasteiger partial charge is 0.242 e. The minimum absolute atomic E-state index is 0. The maximum atomic E-state index is 12.6. The van der Waals surface area contributed by atoms with Crippen molar-refractivity contribution in [1.29, 1.82) is 0 Å². The molecule has 2 N–H and O–H groups in total. The summed E-state index contributed by atoms with van der Waals surface area (Å²) >= 11 is 0. The van der Waals surface area contributed by atoms with Crippen LogP contribution in [0.2, 0.25) is 0 Å². The summed E-state index contributed by atoms with van der Waals surface area (Å²) in [5.74, 6) is 0.0701. The lowest BCUT2D eigenvalue weighted by molar-refractivity contribution is -0.137. The van der Waals surface area contributed by atoms with Gasteiger partial charge in [0.15, 0.2) is 0 Å². The molecule has 0 aliphatic heterocycles. The molecular weight excluding hydrogens is 309 g/mol. The van der Waals surface area contributed by atoms with Crippen molar-refractivity contribution in [3.63, 3.8) is 0 Å². The van der Waals surface area contributed by atoms with E-state index in [-0.39, 0.29) is 36.8 Å². The number of aromatic nitrogens is 1. The number of carbonyl (C=O) groups excluding carboxylic acids is 1. The number of hydrogen-bond acceptors (Lipinski definition) is 3. The van der Waals surface area contributed by atoms with Gasteiger partial charge in [-0.1, -0.05) is 25.8 Å². The zero-order valence-corrected chi connectivity index (χ0v) is 14.3. The van der Waals surface area contributed by atoms with Gasteiger partial charge in [-0.05, 0) is 30.9 Å². The topological polar surface area (TPSA) is 59.2 Å². The number of rotatable bonds is 4. The lowest BCUT2D eigenvalue weighted by Gasteiger charge is -2.34. The summed E-state index contributed by atoms with van der Waals surface area (Å²) in [5, 5.41) is 0. The van der Waals surface area contributed by atoms with E-state index < -0.39 is 5.54 Å². The van der Waals surface area contributed by atoms with Crippen molar-refractivity contribution in [2.75, 3.05) is 7.05 Å². The fourth-order valence-corrected chi connectivity index (χ4v) is 3.02. The number of amides is 1. The summed E-state index contributed by atoms with van der Waals surface area (Å²) in [4.78, 5) is 18.6. The van der Waals surface area contributed by atoms with E-state index in [1.165, 1.54) is 0 Å². The summed E-state index contributed by atoms with van der Waals surface area (Å²) in [5.41, 5.74) is 6.69. The fourth-order valence-electron chi connectivity index (χ4n) is 3.02. The van der Waals surface area contributed by atoms with Crippen molar-refractivity contribution >= 4 is 30.7 Å². The van der Waals surface area contributed by atoms with Gasteiger partial charge in [-0.3, -0.25) is 9.78 Å². The molecule has 1 amide bonds. The predicted molar refractivity (Wildman–Crippen MR) is 89.9 cm³/mol. The molecule has 1 saturated carbocycles. The summed E-state index contributed by atoms with van der Waals surface area (Å²) < 4.78 is 0. The first-order valence-electron chi connectivity index (χ1n) is 7.04. The Bertz CT molecular complexity index is 436. The Morgan fingerprint density at radius 1 is 1.43 bits per heavy atom. The standard InChI is InChI=1S/C15H23N3O.2ClH/c1-3-13(12-7-6-10-17-11-12)18(2)14(19)15(16)8-4-5-9-15;;/h6-7,10-11,13H,3-5,8-9,16H2,1-2H3;2*1H. The van der Waals surface area contributed by atoms with Crippen molar-refractivity contribution in [3.8, 4) is 0 Å². The van der Waals surface area contributed by atoms with E-state index in [1.54, 1.807) is 6.20 Å². The second-order valence-corrected chi connectivity index (χ2v) is 5.49. The van der Waals surface area contributed by atoms with Gasteiger partial charge in [-0.15, -0.1) is 24.8 Å². The molecular formula is C15H25Cl2N3O. The third-order valence-electron chi connectivity index (χ3n) is 4.17. The van der Waals surface area contributed by atoms with E-state index in [4.69, 9.17) is 5.73 Å². The van der Waals surface area contributed by atoms with Crippen molar-refractivity contribution < 1.29 is 4.79 Å². The van der Waals surface area contributed by atoms with E-state index in [1.807, 2.05) is 30.3 Å². The molecule has 120 valence electrons. The first kappa shape index (κ1) is 20.2. The van der Waals surface area contributed by atoms with Gasteiger partial charge < -0.3 is 10.6 Å². The van der Waals surface area contributed by atoms with Crippen LogP contribution in [0.4, 0.5) is 0 Å². The highest BCUT2D eigenvalue weighted by molar-refractivity contribution is 5.86. The molecule has 0 aromatic carbocycles. The average molecular weight is 334 g/mol. The Kier molecular flexibility index (Phi) is 8.22. The molecule has 0 saturated heterocycles. The SMILES string of the molecule is CCC(c1cccnc1)N(C)C(=O)C1(N)CCCC1.Cl.Cl. The Balaban J connectivity index is 0.00000200. The number of nitrogens with two attached hydrogens (primary N) is 1. The first-order valence-corrected chi connectivity index (χ1v) is 7.04. The highest BCUT2D eigenvalue weighted by atomic mass is 35.5. The molecule has 0 bridgehead atoms. The molecule has 1 aliphatic rings. The molecule has 0 spiro atoms. The Labute approximate surface area is 139 Å². The summed E-state index contributed by atoms with van der Waals surface area (Å²) in [7, 11) is 1.86. The quantitative estimate of drug-likeness (QED) is 0.920. The van der Waals surface area contributed by atoms with Crippen LogP contribution in [0, 0.1) is 0 Å². The predicted octanol–water partition coefficient (Wildman–Crippen LogP) is 3.11. The average Bonchev–Trinajstić information content (AvgIpc) is 2.88. The van der Waals surface area contributed by atoms with Crippen molar-refractivity contribution in [3.05, 3.63) is 30.1 Å². The second-order valence-electron chi connectivity index (χ2n) is 5.49. The van der Waals surface area contributed by atoms with E-state index in [2.05, 4.69) is 11.9 Å². The zero-order chi connectivity index (χ0) is 13.9. The minimum Gasteiger partial charge on any atom is -0.337 e. The van der Waals surface area contributed by atoms with Gasteiger partial charge in [0.25, 0.3) is 0 Å². The van der Waals surface area contributed by atoms with Crippen LogP contribution < -0.4 is 5.73 Å². The van der Waals surface area contributed by atoms with E-state index in [9.17, 15) is 4.79 Å². The molecule has 1 atom stereocenters. The van der Waals surface area contributed by atoms with E-state index in [0.717, 1.165) is 37.7 Å². The van der Waals surface area contributed by atoms with Gasteiger partial charge >= 0.3 is 0 Å². The first-order chi connectivity index (χ1) is 9.08. The van der Waals surface area contributed by atoms with Gasteiger partial charge in [-0.2, -0.15) is 0 Å². The molecule has 6 heteroatoms. The monoisotopic (exact) mass is 333 g/mol. The van der Waals surface area contributed by atoms with Crippen LogP contribution in [0.5, 0.6) is 0 Å². The Morgan fingerprint density at radius 2 is 2.05 bits per heavy atom. The highest BCUT2D eigenvalue weighted by Crippen LogP contribution is 2.32. The second kappa shape index (κ2) is 8.57. The minimum atomic E-state index is -0.648. The molecule has 1 unspecified atom stereocenters. The molecule has 1 aromatic heterocycles. The molecule has 2 rings (SSSR count).